The van der Waals surface area contributed by atoms with Gasteiger partial charge in [0.05, 0.1) is 17.1 Å². The molecule has 0 atom stereocenters. The minimum atomic E-state index is -0.277. The summed E-state index contributed by atoms with van der Waals surface area (Å²) < 4.78 is 21.1. The van der Waals surface area contributed by atoms with Crippen LogP contribution in [0.4, 0.5) is 4.39 Å². The molecule has 0 saturated heterocycles. The smallest absolute Gasteiger partial charge is 0.282 e. The number of aryl methyl sites for hydroxylation is 1. The first-order valence-electron chi connectivity index (χ1n) is 10.8. The Morgan fingerprint density at radius 1 is 1.12 bits per heavy atom. The number of rotatable bonds is 8. The molecule has 0 aliphatic carbocycles. The van der Waals surface area contributed by atoms with Gasteiger partial charge in [-0.15, -0.1) is 0 Å². The van der Waals surface area contributed by atoms with Gasteiger partial charge in [0.15, 0.2) is 0 Å². The van der Waals surface area contributed by atoms with Gasteiger partial charge in [-0.25, -0.2) is 9.37 Å². The monoisotopic (exact) mass is 507 g/mol. The molecule has 1 heterocycles. The lowest BCUT2D eigenvalue weighted by Crippen LogP contribution is -2.22. The molecule has 5 nitrogen and oxygen atoms in total. The van der Waals surface area contributed by atoms with Crippen molar-refractivity contribution in [1.29, 1.82) is 0 Å². The molecule has 1 aromatic heterocycles. The van der Waals surface area contributed by atoms with Crippen molar-refractivity contribution < 1.29 is 9.13 Å². The van der Waals surface area contributed by atoms with Gasteiger partial charge in [0.2, 0.25) is 0 Å². The number of hydrogen-bond donors (Lipinski definition) is 0. The molecule has 33 heavy (non-hydrogen) atoms. The third-order valence-electron chi connectivity index (χ3n) is 5.13. The summed E-state index contributed by atoms with van der Waals surface area (Å²) in [6.07, 6.45) is 4.20. The summed E-state index contributed by atoms with van der Waals surface area (Å²) in [5, 5.41) is 4.99. The van der Waals surface area contributed by atoms with Crippen LogP contribution < -0.4 is 10.3 Å². The maximum Gasteiger partial charge on any atom is 0.282 e. The van der Waals surface area contributed by atoms with Crippen LogP contribution in [-0.2, 0) is 13.0 Å². The van der Waals surface area contributed by atoms with E-state index in [2.05, 4.69) is 28.0 Å². The first kappa shape index (κ1) is 22.9. The van der Waals surface area contributed by atoms with Gasteiger partial charge in [0.1, 0.15) is 24.0 Å². The molecular weight excluding hydrogens is 485 g/mol. The molecule has 0 bridgehead atoms. The maximum atomic E-state index is 13.2. The number of ether oxygens (including phenoxy) is 1. The Balaban J connectivity index is 1.60. The van der Waals surface area contributed by atoms with Crippen LogP contribution in [0.2, 0.25) is 0 Å². The molecule has 0 aliphatic rings. The van der Waals surface area contributed by atoms with Crippen LogP contribution in [0.1, 0.15) is 36.7 Å². The molecule has 0 fully saturated rings. The fraction of sp³-hybridized carbons (Fsp3) is 0.192. The van der Waals surface area contributed by atoms with Gasteiger partial charge in [-0.05, 0) is 60.0 Å². The van der Waals surface area contributed by atoms with E-state index >= 15 is 0 Å². The van der Waals surface area contributed by atoms with E-state index < -0.39 is 0 Å². The molecule has 0 spiro atoms. The lowest BCUT2D eigenvalue weighted by molar-refractivity contribution is 0.306. The Kier molecular flexibility index (Phi) is 7.29. The van der Waals surface area contributed by atoms with E-state index in [1.807, 2.05) is 36.4 Å². The van der Waals surface area contributed by atoms with E-state index in [9.17, 15) is 9.18 Å². The summed E-state index contributed by atoms with van der Waals surface area (Å²) >= 11 is 3.42. The lowest BCUT2D eigenvalue weighted by Gasteiger charge is -2.09. The summed E-state index contributed by atoms with van der Waals surface area (Å²) in [6, 6.07) is 19.1. The Labute approximate surface area is 199 Å². The van der Waals surface area contributed by atoms with Crippen molar-refractivity contribution in [2.45, 2.75) is 32.8 Å². The molecule has 3 aromatic carbocycles. The number of fused-ring (bicyclic) bond motifs is 1. The van der Waals surface area contributed by atoms with Crippen LogP contribution in [0.25, 0.3) is 10.9 Å². The van der Waals surface area contributed by atoms with Crippen molar-refractivity contribution in [1.82, 2.24) is 9.66 Å². The van der Waals surface area contributed by atoms with Crippen LogP contribution in [0.5, 0.6) is 5.75 Å². The first-order valence-corrected chi connectivity index (χ1v) is 11.6. The molecule has 0 N–H and O–H groups in total. The molecule has 0 saturated carbocycles. The number of halogens is 2. The fourth-order valence-electron chi connectivity index (χ4n) is 3.37. The van der Waals surface area contributed by atoms with Crippen molar-refractivity contribution >= 4 is 33.0 Å². The normalized spacial score (nSPS) is 11.4. The average molecular weight is 508 g/mol. The highest BCUT2D eigenvalue weighted by molar-refractivity contribution is 9.10. The summed E-state index contributed by atoms with van der Waals surface area (Å²) in [7, 11) is 0. The summed E-state index contributed by atoms with van der Waals surface area (Å²) in [5.41, 5.74) is 2.12. The molecule has 168 valence electrons. The van der Waals surface area contributed by atoms with Gasteiger partial charge < -0.3 is 4.74 Å². The zero-order chi connectivity index (χ0) is 23.2. The Bertz CT molecular complexity index is 1350. The standard InChI is InChI=1S/C26H23BrFN3O2/c1-2-3-7-25-30-24-13-10-20(27)15-23(24)26(32)31(25)29-16-19-5-4-6-22(14-19)33-17-18-8-11-21(28)12-9-18/h4-6,8-16H,2-3,7,17H2,1H3. The Morgan fingerprint density at radius 3 is 2.73 bits per heavy atom. The minimum Gasteiger partial charge on any atom is -0.489 e. The number of nitrogens with zero attached hydrogens (tertiary/aromatic N) is 3. The molecule has 7 heteroatoms. The van der Waals surface area contributed by atoms with Gasteiger partial charge in [0.25, 0.3) is 5.56 Å². The van der Waals surface area contributed by atoms with Crippen molar-refractivity contribution in [2.75, 3.05) is 0 Å². The topological polar surface area (TPSA) is 56.5 Å². The van der Waals surface area contributed by atoms with Crippen molar-refractivity contribution in [2.24, 2.45) is 5.10 Å². The third-order valence-corrected chi connectivity index (χ3v) is 5.62. The zero-order valence-electron chi connectivity index (χ0n) is 18.2. The first-order chi connectivity index (χ1) is 16.0. The van der Waals surface area contributed by atoms with Crippen LogP contribution in [-0.4, -0.2) is 15.9 Å². The molecule has 0 aliphatic heterocycles. The fourth-order valence-corrected chi connectivity index (χ4v) is 3.73. The largest absolute Gasteiger partial charge is 0.489 e. The van der Waals surface area contributed by atoms with Gasteiger partial charge in [0, 0.05) is 10.9 Å². The molecule has 4 aromatic rings. The molecule has 4 rings (SSSR count). The van der Waals surface area contributed by atoms with E-state index in [1.165, 1.54) is 16.8 Å². The highest BCUT2D eigenvalue weighted by Gasteiger charge is 2.11. The number of aromatic nitrogens is 2. The summed E-state index contributed by atoms with van der Waals surface area (Å²) in [6.45, 7) is 2.42. The van der Waals surface area contributed by atoms with Gasteiger partial charge in [-0.1, -0.05) is 53.5 Å². The molecule has 0 radical (unpaired) electrons. The number of unbranched alkanes of at least 4 members (excludes halogenated alkanes) is 1. The van der Waals surface area contributed by atoms with Gasteiger partial charge in [-0.2, -0.15) is 9.78 Å². The number of benzene rings is 3. The van der Waals surface area contributed by atoms with E-state index in [1.54, 1.807) is 24.4 Å². The Morgan fingerprint density at radius 2 is 1.94 bits per heavy atom. The van der Waals surface area contributed by atoms with E-state index in [-0.39, 0.29) is 11.4 Å². The third kappa shape index (κ3) is 5.73. The van der Waals surface area contributed by atoms with Crippen LogP contribution in [0, 0.1) is 5.82 Å². The summed E-state index contributed by atoms with van der Waals surface area (Å²) in [5.74, 6) is 1.01. The van der Waals surface area contributed by atoms with E-state index in [0.717, 1.165) is 28.4 Å². The van der Waals surface area contributed by atoms with Crippen LogP contribution >= 0.6 is 15.9 Å². The predicted molar refractivity (Wildman–Crippen MR) is 132 cm³/mol. The van der Waals surface area contributed by atoms with Crippen molar-refractivity contribution in [3.05, 3.63) is 104 Å². The van der Waals surface area contributed by atoms with Gasteiger partial charge in [-0.3, -0.25) is 4.79 Å². The highest BCUT2D eigenvalue weighted by atomic mass is 79.9. The Hall–Kier alpha value is -3.32. The second kappa shape index (κ2) is 10.5. The molecule has 0 unspecified atom stereocenters. The van der Waals surface area contributed by atoms with E-state index in [0.29, 0.717) is 35.5 Å². The predicted octanol–water partition coefficient (Wildman–Crippen LogP) is 6.10. The SMILES string of the molecule is CCCCc1nc2ccc(Br)cc2c(=O)n1N=Cc1cccc(OCc2ccc(F)cc2)c1. The quantitative estimate of drug-likeness (QED) is 0.270. The average Bonchev–Trinajstić information content (AvgIpc) is 2.82. The lowest BCUT2D eigenvalue weighted by atomic mass is 10.2. The molecular formula is C26H23BrFN3O2. The van der Waals surface area contributed by atoms with Crippen LogP contribution in [0.3, 0.4) is 0 Å². The van der Waals surface area contributed by atoms with Gasteiger partial charge >= 0.3 is 0 Å². The van der Waals surface area contributed by atoms with Crippen molar-refractivity contribution in [3.8, 4) is 5.75 Å². The number of hydrogen-bond acceptors (Lipinski definition) is 4. The summed E-state index contributed by atoms with van der Waals surface area (Å²) in [4.78, 5) is 17.9. The zero-order valence-corrected chi connectivity index (χ0v) is 19.8. The second-order valence-corrected chi connectivity index (χ2v) is 8.56. The maximum absolute atomic E-state index is 13.2. The van der Waals surface area contributed by atoms with Crippen LogP contribution in [0.15, 0.2) is 81.1 Å². The highest BCUT2D eigenvalue weighted by Crippen LogP contribution is 2.18. The minimum absolute atomic E-state index is 0.202. The molecule has 0 amide bonds. The second-order valence-electron chi connectivity index (χ2n) is 7.64. The van der Waals surface area contributed by atoms with Crippen molar-refractivity contribution in [3.63, 3.8) is 0 Å². The van der Waals surface area contributed by atoms with E-state index in [4.69, 9.17) is 9.72 Å².